The zero-order chi connectivity index (χ0) is 13.5. The van der Waals surface area contributed by atoms with Crippen molar-refractivity contribution in [2.45, 2.75) is 20.3 Å². The van der Waals surface area contributed by atoms with Crippen molar-refractivity contribution in [1.29, 1.82) is 0 Å². The summed E-state index contributed by atoms with van der Waals surface area (Å²) < 4.78 is 0. The Morgan fingerprint density at radius 2 is 2.28 bits per heavy atom. The normalized spacial score (nSPS) is 11.6. The van der Waals surface area contributed by atoms with Crippen LogP contribution >= 0.6 is 0 Å². The summed E-state index contributed by atoms with van der Waals surface area (Å²) in [5.74, 6) is 0.289. The van der Waals surface area contributed by atoms with E-state index in [1.54, 1.807) is 6.07 Å². The van der Waals surface area contributed by atoms with Crippen LogP contribution in [-0.2, 0) is 0 Å². The first kappa shape index (κ1) is 14.0. The van der Waals surface area contributed by atoms with Crippen LogP contribution in [0.15, 0.2) is 23.5 Å². The molecule has 18 heavy (non-hydrogen) atoms. The van der Waals surface area contributed by atoms with Crippen LogP contribution in [0.25, 0.3) is 0 Å². The number of nitrogens with two attached hydrogens (primary N) is 1. The van der Waals surface area contributed by atoms with Gasteiger partial charge in [-0.05, 0) is 24.5 Å². The minimum Gasteiger partial charge on any atom is -0.409 e. The molecule has 0 aliphatic rings. The van der Waals surface area contributed by atoms with E-state index >= 15 is 0 Å². The van der Waals surface area contributed by atoms with Crippen LogP contribution in [0, 0.1) is 5.92 Å². The largest absolute Gasteiger partial charge is 0.409 e. The van der Waals surface area contributed by atoms with E-state index in [1.807, 2.05) is 0 Å². The molecule has 1 rings (SSSR count). The number of amidine groups is 1. The summed E-state index contributed by atoms with van der Waals surface area (Å²) in [6.45, 7) is 4.81. The fourth-order valence-electron chi connectivity index (χ4n) is 1.30. The number of rotatable bonds is 5. The van der Waals surface area contributed by atoms with Crippen molar-refractivity contribution in [3.05, 3.63) is 29.6 Å². The molecule has 4 N–H and O–H groups in total. The van der Waals surface area contributed by atoms with E-state index in [4.69, 9.17) is 10.9 Å². The topological polar surface area (TPSA) is 101 Å². The summed E-state index contributed by atoms with van der Waals surface area (Å²) in [6, 6.07) is 3.12. The maximum atomic E-state index is 11.7. The molecule has 6 nitrogen and oxygen atoms in total. The molecule has 0 saturated heterocycles. The fraction of sp³-hybridized carbons (Fsp3) is 0.417. The standard InChI is InChI=1S/C12H18N4O2/c1-8(2)5-6-14-12(17)10-4-3-9(7-15-10)11(13)16-18/h3-4,7-8,18H,5-6H2,1-2H3,(H2,13,16)(H,14,17). The minimum absolute atomic E-state index is 0.0331. The highest BCUT2D eigenvalue weighted by Gasteiger charge is 2.07. The molecule has 0 spiro atoms. The van der Waals surface area contributed by atoms with E-state index in [-0.39, 0.29) is 11.7 Å². The maximum absolute atomic E-state index is 11.7. The number of carbonyl (C=O) groups excluding carboxylic acids is 1. The Labute approximate surface area is 106 Å². The third kappa shape index (κ3) is 4.04. The van der Waals surface area contributed by atoms with Gasteiger partial charge >= 0.3 is 0 Å². The van der Waals surface area contributed by atoms with Crippen LogP contribution in [0.1, 0.15) is 36.3 Å². The average molecular weight is 250 g/mol. The van der Waals surface area contributed by atoms with Crippen LogP contribution < -0.4 is 11.1 Å². The lowest BCUT2D eigenvalue weighted by Gasteiger charge is -2.07. The van der Waals surface area contributed by atoms with Crippen molar-refractivity contribution < 1.29 is 10.0 Å². The molecule has 1 aromatic rings. The van der Waals surface area contributed by atoms with Crippen molar-refractivity contribution in [1.82, 2.24) is 10.3 Å². The summed E-state index contributed by atoms with van der Waals surface area (Å²) >= 11 is 0. The number of oxime groups is 1. The van der Waals surface area contributed by atoms with E-state index in [1.165, 1.54) is 12.3 Å². The smallest absolute Gasteiger partial charge is 0.269 e. The molecule has 0 aliphatic carbocycles. The van der Waals surface area contributed by atoms with Gasteiger partial charge in [-0.2, -0.15) is 0 Å². The summed E-state index contributed by atoms with van der Waals surface area (Å²) in [5, 5.41) is 14.1. The molecule has 1 amide bonds. The Kier molecular flexibility index (Phi) is 5.10. The molecule has 0 aliphatic heterocycles. The predicted molar refractivity (Wildman–Crippen MR) is 68.5 cm³/mol. The molecule has 0 radical (unpaired) electrons. The van der Waals surface area contributed by atoms with Crippen LogP contribution in [-0.4, -0.2) is 28.5 Å². The number of hydrogen-bond donors (Lipinski definition) is 3. The van der Waals surface area contributed by atoms with Gasteiger partial charge in [0.25, 0.3) is 5.91 Å². The highest BCUT2D eigenvalue weighted by atomic mass is 16.4. The van der Waals surface area contributed by atoms with Gasteiger partial charge in [-0.1, -0.05) is 19.0 Å². The van der Waals surface area contributed by atoms with Gasteiger partial charge in [0.15, 0.2) is 5.84 Å². The van der Waals surface area contributed by atoms with Gasteiger partial charge < -0.3 is 16.3 Å². The first-order valence-corrected chi connectivity index (χ1v) is 5.76. The summed E-state index contributed by atoms with van der Waals surface area (Å²) in [6.07, 6.45) is 2.32. The Morgan fingerprint density at radius 1 is 1.56 bits per heavy atom. The van der Waals surface area contributed by atoms with Gasteiger partial charge in [-0.25, -0.2) is 0 Å². The van der Waals surface area contributed by atoms with Crippen LogP contribution in [0.2, 0.25) is 0 Å². The number of pyridine rings is 1. The molecule has 98 valence electrons. The zero-order valence-electron chi connectivity index (χ0n) is 10.6. The second-order valence-electron chi connectivity index (χ2n) is 4.36. The van der Waals surface area contributed by atoms with Gasteiger partial charge in [0, 0.05) is 18.3 Å². The average Bonchev–Trinajstić information content (AvgIpc) is 2.37. The van der Waals surface area contributed by atoms with E-state index in [0.29, 0.717) is 23.7 Å². The van der Waals surface area contributed by atoms with Crippen molar-refractivity contribution in [2.75, 3.05) is 6.54 Å². The lowest BCUT2D eigenvalue weighted by molar-refractivity contribution is 0.0947. The molecular formula is C12H18N4O2. The van der Waals surface area contributed by atoms with Gasteiger partial charge in [0.2, 0.25) is 0 Å². The van der Waals surface area contributed by atoms with E-state index in [2.05, 4.69) is 29.3 Å². The molecule has 0 atom stereocenters. The predicted octanol–water partition coefficient (Wildman–Crippen LogP) is 0.952. The zero-order valence-corrected chi connectivity index (χ0v) is 10.6. The number of nitrogens with zero attached hydrogens (tertiary/aromatic N) is 2. The van der Waals surface area contributed by atoms with Gasteiger partial charge in [0.05, 0.1) is 0 Å². The Hall–Kier alpha value is -2.11. The fourth-order valence-corrected chi connectivity index (χ4v) is 1.30. The van der Waals surface area contributed by atoms with Crippen molar-refractivity contribution >= 4 is 11.7 Å². The lowest BCUT2D eigenvalue weighted by Crippen LogP contribution is -2.26. The van der Waals surface area contributed by atoms with Crippen molar-refractivity contribution in [3.63, 3.8) is 0 Å². The third-order valence-corrected chi connectivity index (χ3v) is 2.41. The number of carbonyl (C=O) groups is 1. The Balaban J connectivity index is 2.59. The molecule has 0 aromatic carbocycles. The van der Waals surface area contributed by atoms with Crippen LogP contribution in [0.4, 0.5) is 0 Å². The van der Waals surface area contributed by atoms with Gasteiger partial charge in [0.1, 0.15) is 5.69 Å². The molecular weight excluding hydrogens is 232 g/mol. The van der Waals surface area contributed by atoms with Gasteiger partial charge in [-0.3, -0.25) is 9.78 Å². The number of amides is 1. The summed E-state index contributed by atoms with van der Waals surface area (Å²) in [7, 11) is 0. The highest BCUT2D eigenvalue weighted by Crippen LogP contribution is 2.01. The molecule has 1 aromatic heterocycles. The third-order valence-electron chi connectivity index (χ3n) is 2.41. The van der Waals surface area contributed by atoms with Gasteiger partial charge in [-0.15, -0.1) is 0 Å². The monoisotopic (exact) mass is 250 g/mol. The maximum Gasteiger partial charge on any atom is 0.269 e. The molecule has 0 fully saturated rings. The summed E-state index contributed by atoms with van der Waals surface area (Å²) in [4.78, 5) is 15.7. The molecule has 1 heterocycles. The van der Waals surface area contributed by atoms with Crippen LogP contribution in [0.3, 0.4) is 0 Å². The Bertz CT molecular complexity index is 426. The highest BCUT2D eigenvalue weighted by molar-refractivity contribution is 5.98. The molecule has 0 saturated carbocycles. The second kappa shape index (κ2) is 6.58. The second-order valence-corrected chi connectivity index (χ2v) is 4.36. The van der Waals surface area contributed by atoms with Crippen molar-refractivity contribution in [3.8, 4) is 0 Å². The molecule has 0 bridgehead atoms. The minimum atomic E-state index is -0.221. The first-order chi connectivity index (χ1) is 8.54. The number of aromatic nitrogens is 1. The van der Waals surface area contributed by atoms with Crippen molar-refractivity contribution in [2.24, 2.45) is 16.8 Å². The summed E-state index contributed by atoms with van der Waals surface area (Å²) in [5.41, 5.74) is 6.18. The first-order valence-electron chi connectivity index (χ1n) is 5.76. The Morgan fingerprint density at radius 3 is 2.78 bits per heavy atom. The van der Waals surface area contributed by atoms with E-state index < -0.39 is 0 Å². The quantitative estimate of drug-likeness (QED) is 0.313. The number of hydrogen-bond acceptors (Lipinski definition) is 4. The van der Waals surface area contributed by atoms with Crippen LogP contribution in [0.5, 0.6) is 0 Å². The molecule has 0 unspecified atom stereocenters. The molecule has 6 heteroatoms. The lowest BCUT2D eigenvalue weighted by atomic mass is 10.1. The van der Waals surface area contributed by atoms with E-state index in [9.17, 15) is 4.79 Å². The SMILES string of the molecule is CC(C)CCNC(=O)c1ccc(C(N)=NO)cn1. The van der Waals surface area contributed by atoms with E-state index in [0.717, 1.165) is 6.42 Å². The number of nitrogens with one attached hydrogen (secondary N) is 1.